The Labute approximate surface area is 272 Å². The quantitative estimate of drug-likeness (QED) is 0.132. The number of methoxy groups -OCH3 is 4. The fourth-order valence-corrected chi connectivity index (χ4v) is 7.17. The zero-order valence-corrected chi connectivity index (χ0v) is 27.3. The summed E-state index contributed by atoms with van der Waals surface area (Å²) in [6.07, 6.45) is -0.878. The van der Waals surface area contributed by atoms with Crippen LogP contribution in [0.1, 0.15) is 23.7 Å². The van der Waals surface area contributed by atoms with Crippen molar-refractivity contribution in [3.63, 3.8) is 0 Å². The van der Waals surface area contributed by atoms with Crippen LogP contribution in [0.15, 0.2) is 72.8 Å². The topological polar surface area (TPSA) is 86.8 Å². The van der Waals surface area contributed by atoms with Crippen LogP contribution < -0.4 is 10.6 Å². The summed E-state index contributed by atoms with van der Waals surface area (Å²) in [6.45, 7) is 0. The fourth-order valence-electron chi connectivity index (χ4n) is 5.05. The summed E-state index contributed by atoms with van der Waals surface area (Å²) in [5.41, 5.74) is 4.84. The standard InChI is InChI=1S/C32H28Cl2N4O4S2/c1-39-31(40-2)17-11-13-21-25(15-17)43-37-29(21)35-23-9-5-7-19(27(23)33)20-8-6-10-24(28(20)34)36-30-22-14-12-18(32(41-3)42-4)16-26(22)44-38-30/h5-16,31-32H,1-4H3,(H,35,37)(H,36,38). The van der Waals surface area contributed by atoms with Crippen LogP contribution in [0.4, 0.5) is 23.0 Å². The number of nitrogens with one attached hydrogen (secondary N) is 2. The summed E-state index contributed by atoms with van der Waals surface area (Å²) in [7, 11) is 6.45. The molecule has 6 aromatic rings. The fraction of sp³-hybridized carbons (Fsp3) is 0.188. The molecule has 0 atom stereocenters. The summed E-state index contributed by atoms with van der Waals surface area (Å²) in [5, 5.41) is 9.82. The van der Waals surface area contributed by atoms with E-state index in [-0.39, 0.29) is 0 Å². The molecule has 0 spiro atoms. The molecule has 0 aliphatic rings. The second kappa shape index (κ2) is 13.4. The van der Waals surface area contributed by atoms with Crippen LogP contribution >= 0.6 is 46.3 Å². The largest absolute Gasteiger partial charge is 0.352 e. The average Bonchev–Trinajstić information content (AvgIpc) is 3.64. The first kappa shape index (κ1) is 30.7. The number of hydrogen-bond acceptors (Lipinski definition) is 10. The Hall–Kier alpha value is -3.32. The lowest BCUT2D eigenvalue weighted by Crippen LogP contribution is -2.03. The molecule has 0 amide bonds. The van der Waals surface area contributed by atoms with E-state index in [1.165, 1.54) is 23.1 Å². The van der Waals surface area contributed by atoms with Gasteiger partial charge in [0.2, 0.25) is 0 Å². The molecule has 2 heterocycles. The van der Waals surface area contributed by atoms with Gasteiger partial charge in [-0.05, 0) is 59.5 Å². The minimum Gasteiger partial charge on any atom is -0.352 e. The molecule has 0 saturated heterocycles. The van der Waals surface area contributed by atoms with Crippen LogP contribution in [-0.2, 0) is 18.9 Å². The zero-order valence-electron chi connectivity index (χ0n) is 24.2. The van der Waals surface area contributed by atoms with E-state index in [1.807, 2.05) is 72.8 Å². The summed E-state index contributed by atoms with van der Waals surface area (Å²) >= 11 is 16.8. The van der Waals surface area contributed by atoms with E-state index in [1.54, 1.807) is 28.4 Å². The van der Waals surface area contributed by atoms with E-state index in [4.69, 9.17) is 42.1 Å². The van der Waals surface area contributed by atoms with Crippen molar-refractivity contribution >= 4 is 89.4 Å². The molecule has 44 heavy (non-hydrogen) atoms. The number of aromatic nitrogens is 2. The predicted molar refractivity (Wildman–Crippen MR) is 181 cm³/mol. The third-order valence-electron chi connectivity index (χ3n) is 7.19. The van der Waals surface area contributed by atoms with Gasteiger partial charge in [-0.25, -0.2) is 0 Å². The van der Waals surface area contributed by atoms with Gasteiger partial charge in [-0.15, -0.1) is 0 Å². The monoisotopic (exact) mass is 666 g/mol. The Morgan fingerprint density at radius 2 is 1.00 bits per heavy atom. The molecule has 6 rings (SSSR count). The summed E-state index contributed by atoms with van der Waals surface area (Å²) in [6, 6.07) is 23.6. The molecule has 2 N–H and O–H groups in total. The third-order valence-corrected chi connectivity index (χ3v) is 9.62. The van der Waals surface area contributed by atoms with Crippen molar-refractivity contribution < 1.29 is 18.9 Å². The lowest BCUT2D eigenvalue weighted by Gasteiger charge is -2.15. The second-order valence-electron chi connectivity index (χ2n) is 9.76. The van der Waals surface area contributed by atoms with Crippen molar-refractivity contribution in [1.29, 1.82) is 0 Å². The van der Waals surface area contributed by atoms with Gasteiger partial charge in [0.1, 0.15) is 0 Å². The van der Waals surface area contributed by atoms with E-state index in [0.29, 0.717) is 33.1 Å². The van der Waals surface area contributed by atoms with Gasteiger partial charge in [0.25, 0.3) is 0 Å². The van der Waals surface area contributed by atoms with Crippen LogP contribution in [0.25, 0.3) is 31.3 Å². The van der Waals surface area contributed by atoms with Crippen molar-refractivity contribution in [2.45, 2.75) is 12.6 Å². The minimum absolute atomic E-state index is 0.439. The molecule has 0 radical (unpaired) electrons. The molecule has 226 valence electrons. The molecule has 0 saturated carbocycles. The number of anilines is 4. The lowest BCUT2D eigenvalue weighted by molar-refractivity contribution is -0.106. The van der Waals surface area contributed by atoms with Crippen LogP contribution in [0, 0.1) is 0 Å². The lowest BCUT2D eigenvalue weighted by atomic mass is 10.0. The Morgan fingerprint density at radius 3 is 1.39 bits per heavy atom. The van der Waals surface area contributed by atoms with Gasteiger partial charge in [-0.3, -0.25) is 0 Å². The van der Waals surface area contributed by atoms with Crippen molar-refractivity contribution in [3.8, 4) is 11.1 Å². The first-order chi connectivity index (χ1) is 21.4. The van der Waals surface area contributed by atoms with Gasteiger partial charge >= 0.3 is 0 Å². The average molecular weight is 668 g/mol. The molecule has 0 fully saturated rings. The highest BCUT2D eigenvalue weighted by Crippen LogP contribution is 2.43. The number of fused-ring (bicyclic) bond motifs is 2. The van der Waals surface area contributed by atoms with E-state index >= 15 is 0 Å². The smallest absolute Gasteiger partial charge is 0.183 e. The van der Waals surface area contributed by atoms with Gasteiger partial charge in [0.05, 0.1) is 30.8 Å². The van der Waals surface area contributed by atoms with E-state index in [2.05, 4.69) is 19.4 Å². The van der Waals surface area contributed by atoms with E-state index in [0.717, 1.165) is 42.4 Å². The highest BCUT2D eigenvalue weighted by molar-refractivity contribution is 7.14. The molecule has 4 aromatic carbocycles. The maximum Gasteiger partial charge on any atom is 0.183 e. The number of nitrogens with zero attached hydrogens (tertiary/aromatic N) is 2. The molecule has 0 aliphatic carbocycles. The highest BCUT2D eigenvalue weighted by atomic mass is 35.5. The van der Waals surface area contributed by atoms with Gasteiger partial charge in [0.15, 0.2) is 24.2 Å². The first-order valence-electron chi connectivity index (χ1n) is 13.5. The van der Waals surface area contributed by atoms with Crippen molar-refractivity contribution in [1.82, 2.24) is 8.75 Å². The number of hydrogen-bond donors (Lipinski definition) is 2. The van der Waals surface area contributed by atoms with Crippen molar-refractivity contribution in [2.75, 3.05) is 39.1 Å². The number of rotatable bonds is 11. The van der Waals surface area contributed by atoms with E-state index in [9.17, 15) is 0 Å². The first-order valence-corrected chi connectivity index (χ1v) is 15.8. The Morgan fingerprint density at radius 1 is 0.591 bits per heavy atom. The maximum absolute atomic E-state index is 7.00. The number of halogens is 2. The maximum atomic E-state index is 7.00. The Bertz CT molecular complexity index is 1800. The SMILES string of the molecule is COC(OC)c1ccc2c(Nc3cccc(-c4cccc(Nc5nsc6cc(C(OC)OC)ccc56)c4Cl)c3Cl)nsc2c1. The molecule has 0 aliphatic heterocycles. The van der Waals surface area contributed by atoms with Gasteiger partial charge in [0, 0.05) is 61.5 Å². The molecule has 2 aromatic heterocycles. The molecular weight excluding hydrogens is 639 g/mol. The molecule has 0 bridgehead atoms. The van der Waals surface area contributed by atoms with E-state index < -0.39 is 12.6 Å². The summed E-state index contributed by atoms with van der Waals surface area (Å²) < 4.78 is 32.9. The number of benzene rings is 4. The van der Waals surface area contributed by atoms with Crippen molar-refractivity contribution in [3.05, 3.63) is 94.0 Å². The molecule has 12 heteroatoms. The number of ether oxygens (including phenoxy) is 4. The normalized spacial score (nSPS) is 11.7. The third kappa shape index (κ3) is 5.88. The van der Waals surface area contributed by atoms with Gasteiger partial charge < -0.3 is 29.6 Å². The van der Waals surface area contributed by atoms with Crippen LogP contribution in [0.3, 0.4) is 0 Å². The zero-order chi connectivity index (χ0) is 30.8. The van der Waals surface area contributed by atoms with Gasteiger partial charge in [-0.1, -0.05) is 59.6 Å². The van der Waals surface area contributed by atoms with Gasteiger partial charge in [-0.2, -0.15) is 8.75 Å². The molecule has 0 unspecified atom stereocenters. The molecule has 8 nitrogen and oxygen atoms in total. The Balaban J connectivity index is 1.28. The van der Waals surface area contributed by atoms with Crippen molar-refractivity contribution in [2.24, 2.45) is 0 Å². The van der Waals surface area contributed by atoms with Crippen LogP contribution in [0.2, 0.25) is 10.0 Å². The predicted octanol–water partition coefficient (Wildman–Crippen LogP) is 9.95. The minimum atomic E-state index is -0.439. The van der Waals surface area contributed by atoms with Crippen LogP contribution in [0.5, 0.6) is 0 Å². The molecular formula is C32H28Cl2N4O4S2. The summed E-state index contributed by atoms with van der Waals surface area (Å²) in [5.74, 6) is 1.42. The Kier molecular flexibility index (Phi) is 9.31. The summed E-state index contributed by atoms with van der Waals surface area (Å²) in [4.78, 5) is 0. The second-order valence-corrected chi connectivity index (χ2v) is 12.1. The van der Waals surface area contributed by atoms with Crippen LogP contribution in [-0.4, -0.2) is 37.2 Å². The highest BCUT2D eigenvalue weighted by Gasteiger charge is 2.18.